The molecule has 228 valence electrons. The Bertz CT molecular complexity index is 1480. The fourth-order valence-electron chi connectivity index (χ4n) is 5.60. The van der Waals surface area contributed by atoms with E-state index in [1.807, 2.05) is 4.90 Å². The lowest BCUT2D eigenvalue weighted by atomic mass is 9.66. The van der Waals surface area contributed by atoms with Crippen molar-refractivity contribution < 1.29 is 35.9 Å². The van der Waals surface area contributed by atoms with E-state index in [0.29, 0.717) is 37.3 Å². The highest BCUT2D eigenvalue weighted by molar-refractivity contribution is 7.93. The van der Waals surface area contributed by atoms with Crippen molar-refractivity contribution in [3.05, 3.63) is 35.5 Å². The number of methoxy groups -OCH3 is 1. The predicted octanol–water partition coefficient (Wildman–Crippen LogP) is 3.52. The van der Waals surface area contributed by atoms with Gasteiger partial charge in [0.05, 0.1) is 24.0 Å². The van der Waals surface area contributed by atoms with Crippen LogP contribution in [-0.2, 0) is 19.6 Å². The highest BCUT2D eigenvalue weighted by atomic mass is 32.2. The number of nitrogens with one attached hydrogen (secondary N) is 2. The number of esters is 1. The first-order valence-electron chi connectivity index (χ1n) is 13.7. The predicted molar refractivity (Wildman–Crippen MR) is 150 cm³/mol. The maximum atomic E-state index is 15.0. The molecule has 3 aliphatic rings. The highest BCUT2D eigenvalue weighted by Gasteiger charge is 2.50. The van der Waals surface area contributed by atoms with Crippen molar-refractivity contribution >= 4 is 45.0 Å². The van der Waals surface area contributed by atoms with Crippen LogP contribution in [0.25, 0.3) is 0 Å². The van der Waals surface area contributed by atoms with Crippen molar-refractivity contribution in [2.75, 3.05) is 58.9 Å². The molecule has 1 aromatic heterocycles. The Morgan fingerprint density at radius 2 is 1.76 bits per heavy atom. The Balaban J connectivity index is 1.40. The first-order valence-corrected chi connectivity index (χ1v) is 15.4. The maximum Gasteiger partial charge on any atom is 0.322 e. The Kier molecular flexibility index (Phi) is 7.98. The third kappa shape index (κ3) is 6.55. The Labute approximate surface area is 241 Å². The molecule has 2 saturated heterocycles. The van der Waals surface area contributed by atoms with Crippen molar-refractivity contribution in [2.24, 2.45) is 5.92 Å². The average molecular weight is 611 g/mol. The number of aromatic nitrogens is 2. The summed E-state index contributed by atoms with van der Waals surface area (Å²) in [5, 5.41) is 2.75. The molecule has 1 amide bonds. The molecule has 3 heterocycles. The van der Waals surface area contributed by atoms with Gasteiger partial charge in [-0.25, -0.2) is 26.6 Å². The number of amides is 1. The van der Waals surface area contributed by atoms with Crippen molar-refractivity contribution in [2.45, 2.75) is 50.6 Å². The summed E-state index contributed by atoms with van der Waals surface area (Å²) in [5.41, 5.74) is 0.0177. The number of rotatable bonds is 8. The highest BCUT2D eigenvalue weighted by Crippen LogP contribution is 2.48. The third-order valence-corrected chi connectivity index (χ3v) is 9.29. The molecule has 2 aliphatic heterocycles. The maximum absolute atomic E-state index is 15.0. The monoisotopic (exact) mass is 610 g/mol. The van der Waals surface area contributed by atoms with Gasteiger partial charge in [-0.2, -0.15) is 4.98 Å². The quantitative estimate of drug-likeness (QED) is 0.431. The zero-order chi connectivity index (χ0) is 30.3. The summed E-state index contributed by atoms with van der Waals surface area (Å²) in [6, 6.07) is 5.88. The van der Waals surface area contributed by atoms with Gasteiger partial charge < -0.3 is 19.9 Å². The van der Waals surface area contributed by atoms with Crippen molar-refractivity contribution in [3.63, 3.8) is 0 Å². The minimum atomic E-state index is -4.09. The van der Waals surface area contributed by atoms with Crippen molar-refractivity contribution in [3.8, 4) is 0 Å². The number of fused-ring (bicyclic) bond motifs is 1. The first-order chi connectivity index (χ1) is 19.8. The topological polar surface area (TPSA) is 134 Å². The molecule has 3 fully saturated rings. The molecule has 1 aromatic carbocycles. The van der Waals surface area contributed by atoms with Crippen LogP contribution in [0, 0.1) is 12.8 Å². The first kappa shape index (κ1) is 29.9. The van der Waals surface area contributed by atoms with Gasteiger partial charge in [0, 0.05) is 56.7 Å². The summed E-state index contributed by atoms with van der Waals surface area (Å²) in [5.74, 6) is -4.90. The number of halogens is 3. The number of carbonyl (C=O) groups excluding carboxylic acids is 2. The summed E-state index contributed by atoms with van der Waals surface area (Å²) < 4.78 is 74.1. The van der Waals surface area contributed by atoms with Crippen LogP contribution in [-0.4, -0.2) is 80.9 Å². The molecule has 11 nitrogen and oxygen atoms in total. The number of ether oxygens (including phenoxy) is 1. The van der Waals surface area contributed by atoms with Crippen LogP contribution in [0.15, 0.2) is 24.3 Å². The van der Waals surface area contributed by atoms with E-state index in [0.717, 1.165) is 7.11 Å². The second-order valence-electron chi connectivity index (χ2n) is 11.1. The smallest absolute Gasteiger partial charge is 0.322 e. The van der Waals surface area contributed by atoms with E-state index in [9.17, 15) is 26.8 Å². The van der Waals surface area contributed by atoms with Crippen molar-refractivity contribution in [1.29, 1.82) is 0 Å². The number of hydrogen-bond acceptors (Lipinski definition) is 9. The van der Waals surface area contributed by atoms with Crippen LogP contribution in [0.1, 0.15) is 48.2 Å². The van der Waals surface area contributed by atoms with Crippen molar-refractivity contribution in [1.82, 2.24) is 9.97 Å². The second kappa shape index (κ2) is 11.2. The third-order valence-electron chi connectivity index (χ3n) is 8.13. The van der Waals surface area contributed by atoms with Crippen LogP contribution in [0.4, 0.5) is 36.3 Å². The van der Waals surface area contributed by atoms with Crippen LogP contribution >= 0.6 is 0 Å². The Morgan fingerprint density at radius 1 is 1.05 bits per heavy atom. The molecule has 15 heteroatoms. The Hall–Kier alpha value is -3.62. The number of anilines is 4. The fraction of sp³-hybridized carbons (Fsp3) is 0.556. The van der Waals surface area contributed by atoms with Gasteiger partial charge in [-0.3, -0.25) is 14.3 Å². The number of benzene rings is 1. The number of aryl methyl sites for hydroxylation is 1. The normalized spacial score (nSPS) is 23.4. The van der Waals surface area contributed by atoms with E-state index in [-0.39, 0.29) is 61.3 Å². The van der Waals surface area contributed by atoms with E-state index in [1.54, 1.807) is 17.9 Å². The summed E-state index contributed by atoms with van der Waals surface area (Å²) in [6.45, 7) is 2.53. The molecular weight excluding hydrogens is 577 g/mol. The molecule has 2 N–H and O–H groups in total. The number of nitrogens with zero attached hydrogens (tertiary/aromatic N) is 4. The lowest BCUT2D eigenvalue weighted by Gasteiger charge is -2.51. The number of alkyl halides is 3. The lowest BCUT2D eigenvalue weighted by molar-refractivity contribution is -0.137. The molecule has 0 spiro atoms. The van der Waals surface area contributed by atoms with E-state index in [1.165, 1.54) is 18.2 Å². The van der Waals surface area contributed by atoms with Gasteiger partial charge in [-0.15, -0.1) is 0 Å². The SMILES string of the molecule is COC(=O)CS(=O)(=O)Nc1ccc(C(=O)Nc2cc(C)nc(N3CCC(F)(F)CC3)n2)c(N2CCC3(F)CCC3C2)c1. The lowest BCUT2D eigenvalue weighted by Crippen LogP contribution is -2.55. The van der Waals surface area contributed by atoms with E-state index < -0.39 is 39.2 Å². The molecule has 2 unspecified atom stereocenters. The second-order valence-corrected chi connectivity index (χ2v) is 12.8. The van der Waals surface area contributed by atoms with Gasteiger partial charge in [0.1, 0.15) is 11.5 Å². The largest absolute Gasteiger partial charge is 0.468 e. The molecular formula is C27H33F3N6O5S. The molecule has 5 rings (SSSR count). The standard InChI is InChI=1S/C27H33F3N6O5S/c1-17-13-22(33-25(31-17)35-11-8-27(29,30)9-12-35)32-24(38)20-4-3-19(34-42(39,40)16-23(37)41-2)14-21(20)36-10-7-26(28)6-5-18(26)15-36/h3-4,13-14,18,34H,5-12,15-16H2,1-2H3,(H,31,32,33,38). The van der Waals surface area contributed by atoms with E-state index in [4.69, 9.17) is 0 Å². The molecule has 0 radical (unpaired) electrons. The van der Waals surface area contributed by atoms with Gasteiger partial charge in [-0.05, 0) is 44.4 Å². The van der Waals surface area contributed by atoms with Gasteiger partial charge in [0.2, 0.25) is 16.0 Å². The fourth-order valence-corrected chi connectivity index (χ4v) is 6.58. The van der Waals surface area contributed by atoms with E-state index in [2.05, 4.69) is 24.7 Å². The Morgan fingerprint density at radius 3 is 2.40 bits per heavy atom. The van der Waals surface area contributed by atoms with Crippen LogP contribution in [0.2, 0.25) is 0 Å². The average Bonchev–Trinajstić information content (AvgIpc) is 2.90. The van der Waals surface area contributed by atoms with Gasteiger partial charge in [-0.1, -0.05) is 0 Å². The number of sulfonamides is 1. The van der Waals surface area contributed by atoms with Crippen LogP contribution < -0.4 is 19.8 Å². The molecule has 1 aliphatic carbocycles. The van der Waals surface area contributed by atoms with Gasteiger partial charge in [0.25, 0.3) is 11.8 Å². The number of piperidine rings is 2. The summed E-state index contributed by atoms with van der Waals surface area (Å²) in [7, 11) is -3.01. The van der Waals surface area contributed by atoms with Gasteiger partial charge >= 0.3 is 5.97 Å². The zero-order valence-corrected chi connectivity index (χ0v) is 24.1. The summed E-state index contributed by atoms with van der Waals surface area (Å²) in [4.78, 5) is 37.4. The minimum Gasteiger partial charge on any atom is -0.468 e. The minimum absolute atomic E-state index is 0.0769. The van der Waals surface area contributed by atoms with Crippen LogP contribution in [0.5, 0.6) is 0 Å². The summed E-state index contributed by atoms with van der Waals surface area (Å²) in [6.07, 6.45) is 0.853. The zero-order valence-electron chi connectivity index (χ0n) is 23.3. The van der Waals surface area contributed by atoms with Crippen LogP contribution in [0.3, 0.4) is 0 Å². The molecule has 2 atom stereocenters. The molecule has 1 saturated carbocycles. The number of carbonyl (C=O) groups is 2. The van der Waals surface area contributed by atoms with E-state index >= 15 is 4.39 Å². The molecule has 42 heavy (non-hydrogen) atoms. The number of hydrogen-bond donors (Lipinski definition) is 2. The molecule has 0 bridgehead atoms. The van der Waals surface area contributed by atoms with Gasteiger partial charge in [0.15, 0.2) is 5.75 Å². The summed E-state index contributed by atoms with van der Waals surface area (Å²) >= 11 is 0. The molecule has 2 aromatic rings.